The van der Waals surface area contributed by atoms with Gasteiger partial charge in [-0.15, -0.1) is 0 Å². The van der Waals surface area contributed by atoms with Gasteiger partial charge in [0.2, 0.25) is 0 Å². The molecule has 3 rings (SSSR count). The van der Waals surface area contributed by atoms with Crippen LogP contribution in [0.1, 0.15) is 13.3 Å². The van der Waals surface area contributed by atoms with E-state index in [1.807, 2.05) is 0 Å². The van der Waals surface area contributed by atoms with Gasteiger partial charge in [-0.25, -0.2) is 0 Å². The fourth-order valence-corrected chi connectivity index (χ4v) is 3.57. The monoisotopic (exact) mass is 170 g/mol. The van der Waals surface area contributed by atoms with E-state index in [1.165, 1.54) is 0 Å². The quantitative estimate of drug-likeness (QED) is 0.536. The molecular formula is C9H14O3. The van der Waals surface area contributed by atoms with Gasteiger partial charge in [-0.2, -0.15) is 0 Å². The zero-order valence-corrected chi connectivity index (χ0v) is 7.05. The maximum absolute atomic E-state index is 9.76. The Kier molecular flexibility index (Phi) is 1.23. The number of aliphatic hydroxyl groups is 2. The lowest BCUT2D eigenvalue weighted by Gasteiger charge is -2.27. The molecule has 0 aromatic heterocycles. The molecule has 68 valence electrons. The van der Waals surface area contributed by atoms with E-state index in [2.05, 4.69) is 6.92 Å². The van der Waals surface area contributed by atoms with E-state index in [1.54, 1.807) is 0 Å². The van der Waals surface area contributed by atoms with Gasteiger partial charge < -0.3 is 14.9 Å². The molecule has 12 heavy (non-hydrogen) atoms. The van der Waals surface area contributed by atoms with Gasteiger partial charge in [0.25, 0.3) is 0 Å². The lowest BCUT2D eigenvalue weighted by atomic mass is 9.79. The minimum Gasteiger partial charge on any atom is -0.390 e. The highest BCUT2D eigenvalue weighted by Gasteiger charge is 2.63. The second-order valence-corrected chi connectivity index (χ2v) is 4.48. The van der Waals surface area contributed by atoms with Crippen LogP contribution in [0.15, 0.2) is 0 Å². The van der Waals surface area contributed by atoms with E-state index >= 15 is 0 Å². The summed E-state index contributed by atoms with van der Waals surface area (Å²) in [5.74, 6) is 1.53. The highest BCUT2D eigenvalue weighted by atomic mass is 16.6. The van der Waals surface area contributed by atoms with Crippen LogP contribution in [0.4, 0.5) is 0 Å². The molecule has 3 nitrogen and oxygen atoms in total. The maximum atomic E-state index is 9.76. The van der Waals surface area contributed by atoms with Crippen molar-refractivity contribution in [2.24, 2.45) is 23.7 Å². The van der Waals surface area contributed by atoms with Crippen LogP contribution in [-0.4, -0.2) is 28.7 Å². The first-order chi connectivity index (χ1) is 5.70. The van der Waals surface area contributed by atoms with Crippen LogP contribution in [-0.2, 0) is 4.74 Å². The predicted octanol–water partition coefficient (Wildman–Crippen LogP) is -0.0335. The smallest absolute Gasteiger partial charge is 0.158 e. The largest absolute Gasteiger partial charge is 0.390 e. The molecule has 3 aliphatic rings. The van der Waals surface area contributed by atoms with E-state index in [0.717, 1.165) is 6.42 Å². The molecule has 0 aromatic rings. The van der Waals surface area contributed by atoms with Crippen LogP contribution in [0.5, 0.6) is 0 Å². The number of hydrogen-bond acceptors (Lipinski definition) is 3. The number of aliphatic hydroxyl groups excluding tert-OH is 2. The molecule has 3 fully saturated rings. The van der Waals surface area contributed by atoms with Gasteiger partial charge in [-0.1, -0.05) is 6.92 Å². The van der Waals surface area contributed by atoms with E-state index in [9.17, 15) is 10.2 Å². The molecule has 3 heteroatoms. The van der Waals surface area contributed by atoms with Crippen molar-refractivity contribution in [2.45, 2.75) is 31.8 Å². The topological polar surface area (TPSA) is 49.7 Å². The van der Waals surface area contributed by atoms with Gasteiger partial charge >= 0.3 is 0 Å². The summed E-state index contributed by atoms with van der Waals surface area (Å²) in [4.78, 5) is 0. The highest BCUT2D eigenvalue weighted by molar-refractivity contribution is 5.09. The van der Waals surface area contributed by atoms with Crippen molar-refractivity contribution < 1.29 is 14.9 Å². The van der Waals surface area contributed by atoms with Crippen molar-refractivity contribution in [1.82, 2.24) is 0 Å². The molecule has 2 aliphatic carbocycles. The average molecular weight is 170 g/mol. The second-order valence-electron chi connectivity index (χ2n) is 4.48. The summed E-state index contributed by atoms with van der Waals surface area (Å²) >= 11 is 0. The van der Waals surface area contributed by atoms with Gasteiger partial charge in [0.1, 0.15) is 0 Å². The first kappa shape index (κ1) is 7.30. The van der Waals surface area contributed by atoms with Crippen LogP contribution >= 0.6 is 0 Å². The van der Waals surface area contributed by atoms with Crippen LogP contribution in [0, 0.1) is 23.7 Å². The summed E-state index contributed by atoms with van der Waals surface area (Å²) in [5, 5.41) is 19.3. The Morgan fingerprint density at radius 1 is 1.25 bits per heavy atom. The second kappa shape index (κ2) is 2.03. The van der Waals surface area contributed by atoms with E-state index in [-0.39, 0.29) is 12.2 Å². The van der Waals surface area contributed by atoms with Gasteiger partial charge in [-0.3, -0.25) is 0 Å². The van der Waals surface area contributed by atoms with Crippen molar-refractivity contribution in [3.05, 3.63) is 0 Å². The maximum Gasteiger partial charge on any atom is 0.158 e. The summed E-state index contributed by atoms with van der Waals surface area (Å²) in [5.41, 5.74) is 0. The molecule has 1 heterocycles. The molecule has 7 unspecified atom stereocenters. The lowest BCUT2D eigenvalue weighted by Crippen LogP contribution is -2.36. The van der Waals surface area contributed by atoms with Gasteiger partial charge in [-0.05, 0) is 24.2 Å². The Balaban J connectivity index is 2.01. The number of ether oxygens (including phenoxy) is 1. The lowest BCUT2D eigenvalue weighted by molar-refractivity contribution is -0.121. The Morgan fingerprint density at radius 3 is 2.67 bits per heavy atom. The molecule has 1 saturated heterocycles. The third kappa shape index (κ3) is 0.605. The van der Waals surface area contributed by atoms with Gasteiger partial charge in [0, 0.05) is 5.92 Å². The predicted molar refractivity (Wildman–Crippen MR) is 41.1 cm³/mol. The molecule has 0 amide bonds. The fourth-order valence-electron chi connectivity index (χ4n) is 3.57. The normalized spacial score (nSPS) is 67.8. The summed E-state index contributed by atoms with van der Waals surface area (Å²) in [6, 6.07) is 0. The highest BCUT2D eigenvalue weighted by Crippen LogP contribution is 2.58. The van der Waals surface area contributed by atoms with Gasteiger partial charge in [0.05, 0.1) is 12.2 Å². The van der Waals surface area contributed by atoms with Crippen LogP contribution < -0.4 is 0 Å². The summed E-state index contributed by atoms with van der Waals surface area (Å²) < 4.78 is 5.33. The zero-order chi connectivity index (χ0) is 8.46. The first-order valence-electron chi connectivity index (χ1n) is 4.71. The van der Waals surface area contributed by atoms with E-state index < -0.39 is 6.29 Å². The Morgan fingerprint density at radius 2 is 2.00 bits per heavy atom. The Bertz CT molecular complexity index is 214. The Labute approximate surface area is 71.3 Å². The van der Waals surface area contributed by atoms with Crippen molar-refractivity contribution in [3.63, 3.8) is 0 Å². The molecule has 2 bridgehead atoms. The number of hydrogen-bond donors (Lipinski definition) is 2. The Hall–Kier alpha value is -0.120. The first-order valence-corrected chi connectivity index (χ1v) is 4.71. The number of fused-ring (bicyclic) bond motifs is 1. The summed E-state index contributed by atoms with van der Waals surface area (Å²) in [7, 11) is 0. The fraction of sp³-hybridized carbons (Fsp3) is 1.00. The summed E-state index contributed by atoms with van der Waals surface area (Å²) in [6.07, 6.45) is 0.0519. The van der Waals surface area contributed by atoms with Crippen molar-refractivity contribution in [1.29, 1.82) is 0 Å². The molecule has 7 atom stereocenters. The van der Waals surface area contributed by atoms with Crippen LogP contribution in [0.25, 0.3) is 0 Å². The van der Waals surface area contributed by atoms with E-state index in [4.69, 9.17) is 4.74 Å². The van der Waals surface area contributed by atoms with Crippen molar-refractivity contribution in [2.75, 3.05) is 0 Å². The van der Waals surface area contributed by atoms with Crippen molar-refractivity contribution >= 4 is 0 Å². The van der Waals surface area contributed by atoms with Crippen LogP contribution in [0.3, 0.4) is 0 Å². The molecule has 0 spiro atoms. The third-order valence-corrected chi connectivity index (χ3v) is 4.14. The molecule has 2 saturated carbocycles. The minimum absolute atomic E-state index is 0.0637. The minimum atomic E-state index is -0.614. The van der Waals surface area contributed by atoms with Crippen LogP contribution in [0.2, 0.25) is 0 Å². The molecule has 1 aliphatic heterocycles. The molecule has 2 N–H and O–H groups in total. The SMILES string of the molecule is CC1C2CC3C(OC(O)C13)C2O. The third-order valence-electron chi connectivity index (χ3n) is 4.14. The number of rotatable bonds is 0. The molecule has 0 aromatic carbocycles. The standard InChI is InChI=1S/C9H14O3/c1-3-4-2-5-6(3)9(11)12-8(5)7(4)10/h3-11H,2H2,1H3. The van der Waals surface area contributed by atoms with E-state index in [0.29, 0.717) is 23.7 Å². The average Bonchev–Trinajstić information content (AvgIpc) is 2.56. The van der Waals surface area contributed by atoms with Gasteiger partial charge in [0.15, 0.2) is 6.29 Å². The molecular weight excluding hydrogens is 156 g/mol. The zero-order valence-electron chi connectivity index (χ0n) is 7.05. The summed E-state index contributed by atoms with van der Waals surface area (Å²) in [6.45, 7) is 2.12. The molecule has 0 radical (unpaired) electrons. The van der Waals surface area contributed by atoms with Crippen molar-refractivity contribution in [3.8, 4) is 0 Å².